The maximum absolute atomic E-state index is 13.3. The fraction of sp³-hybridized carbons (Fsp3) is 0.136. The van der Waals surface area contributed by atoms with E-state index in [1.807, 2.05) is 18.2 Å². The van der Waals surface area contributed by atoms with Gasteiger partial charge in [-0.15, -0.1) is 0 Å². The molecule has 0 aliphatic heterocycles. The fourth-order valence-electron chi connectivity index (χ4n) is 3.31. The van der Waals surface area contributed by atoms with Crippen molar-refractivity contribution in [2.75, 3.05) is 0 Å². The Balaban J connectivity index is 1.96. The summed E-state index contributed by atoms with van der Waals surface area (Å²) in [6, 6.07) is 17.5. The number of hydrogen-bond donors (Lipinski definition) is 0. The van der Waals surface area contributed by atoms with Crippen molar-refractivity contribution in [2.24, 2.45) is 0 Å². The van der Waals surface area contributed by atoms with E-state index in [9.17, 15) is 26.3 Å². The minimum atomic E-state index is -4.92. The van der Waals surface area contributed by atoms with E-state index < -0.39 is 23.5 Å². The zero-order valence-electron chi connectivity index (χ0n) is 15.3. The highest BCUT2D eigenvalue weighted by molar-refractivity contribution is 5.81. The van der Waals surface area contributed by atoms with Gasteiger partial charge < -0.3 is 4.57 Å². The van der Waals surface area contributed by atoms with E-state index in [1.165, 1.54) is 0 Å². The molecule has 0 bridgehead atoms. The average molecular weight is 420 g/mol. The molecule has 0 N–H and O–H groups in total. The van der Waals surface area contributed by atoms with E-state index in [-0.39, 0.29) is 24.0 Å². The molecular weight excluding hydrogens is 406 g/mol. The second-order valence-electron chi connectivity index (χ2n) is 6.79. The Hall–Kier alpha value is -3.29. The molecule has 0 aliphatic carbocycles. The smallest absolute Gasteiger partial charge is 0.319 e. The van der Waals surface area contributed by atoms with Crippen molar-refractivity contribution in [2.45, 2.75) is 18.9 Å². The average Bonchev–Trinajstić information content (AvgIpc) is 3.06. The molecule has 4 rings (SSSR count). The zero-order chi connectivity index (χ0) is 21.5. The van der Waals surface area contributed by atoms with Gasteiger partial charge in [-0.1, -0.05) is 42.5 Å². The van der Waals surface area contributed by atoms with Gasteiger partial charge in [0, 0.05) is 12.1 Å². The summed E-state index contributed by atoms with van der Waals surface area (Å²) in [7, 11) is 0. The van der Waals surface area contributed by atoms with Gasteiger partial charge in [-0.3, -0.25) is 0 Å². The molecule has 30 heavy (non-hydrogen) atoms. The third-order valence-corrected chi connectivity index (χ3v) is 4.68. The number of aromatic nitrogens is 2. The first-order chi connectivity index (χ1) is 14.1. The first-order valence-electron chi connectivity index (χ1n) is 8.92. The maximum Gasteiger partial charge on any atom is 0.416 e. The van der Waals surface area contributed by atoms with E-state index in [2.05, 4.69) is 4.98 Å². The van der Waals surface area contributed by atoms with Gasteiger partial charge in [0.25, 0.3) is 0 Å². The second-order valence-corrected chi connectivity index (χ2v) is 6.79. The van der Waals surface area contributed by atoms with Gasteiger partial charge in [-0.05, 0) is 35.9 Å². The highest BCUT2D eigenvalue weighted by Gasteiger charge is 2.37. The van der Waals surface area contributed by atoms with Gasteiger partial charge in [0.15, 0.2) is 0 Å². The summed E-state index contributed by atoms with van der Waals surface area (Å²) in [6.07, 6.45) is -9.85. The third-order valence-electron chi connectivity index (χ3n) is 4.68. The Morgan fingerprint density at radius 1 is 0.700 bits per heavy atom. The molecule has 0 saturated heterocycles. The van der Waals surface area contributed by atoms with E-state index >= 15 is 0 Å². The van der Waals surface area contributed by atoms with Crippen molar-refractivity contribution in [1.29, 1.82) is 0 Å². The van der Waals surface area contributed by atoms with Gasteiger partial charge in [0.05, 0.1) is 22.2 Å². The maximum atomic E-state index is 13.3. The molecule has 0 radical (unpaired) electrons. The quantitative estimate of drug-likeness (QED) is 0.334. The van der Waals surface area contributed by atoms with Crippen LogP contribution in [-0.2, 0) is 18.9 Å². The fourth-order valence-corrected chi connectivity index (χ4v) is 3.31. The standard InChI is InChI=1S/C22H14F6N2/c23-21(24,25)16-10-15(11-17(12-16)22(26,27)28)20-29-18-8-4-5-9-19(18)30(20)13-14-6-2-1-3-7-14/h1-12H,13H2. The largest absolute Gasteiger partial charge is 0.416 e. The van der Waals surface area contributed by atoms with Crippen LogP contribution in [-0.4, -0.2) is 9.55 Å². The molecule has 2 nitrogen and oxygen atoms in total. The molecule has 0 saturated carbocycles. The lowest BCUT2D eigenvalue weighted by atomic mass is 10.0. The van der Waals surface area contributed by atoms with Gasteiger partial charge in [-0.25, -0.2) is 4.98 Å². The minimum Gasteiger partial charge on any atom is -0.319 e. The molecule has 0 atom stereocenters. The Labute approximate surface area is 167 Å². The van der Waals surface area contributed by atoms with Crippen molar-refractivity contribution >= 4 is 11.0 Å². The van der Waals surface area contributed by atoms with Crippen LogP contribution in [0.2, 0.25) is 0 Å². The van der Waals surface area contributed by atoms with Crippen LogP contribution in [0, 0.1) is 0 Å². The molecule has 1 aromatic heterocycles. The summed E-state index contributed by atoms with van der Waals surface area (Å²) >= 11 is 0. The molecule has 0 fully saturated rings. The lowest BCUT2D eigenvalue weighted by Gasteiger charge is -2.15. The number of benzene rings is 3. The van der Waals surface area contributed by atoms with Gasteiger partial charge in [0.2, 0.25) is 0 Å². The Kier molecular flexibility index (Phi) is 4.80. The van der Waals surface area contributed by atoms with Crippen molar-refractivity contribution < 1.29 is 26.3 Å². The molecule has 3 aromatic carbocycles. The number of fused-ring (bicyclic) bond motifs is 1. The second kappa shape index (κ2) is 7.19. The SMILES string of the molecule is FC(F)(F)c1cc(-c2nc3ccccc3n2Cc2ccccc2)cc(C(F)(F)F)c1. The molecule has 1 heterocycles. The van der Waals surface area contributed by atoms with Crippen LogP contribution in [0.3, 0.4) is 0 Å². The predicted octanol–water partition coefficient (Wildman–Crippen LogP) is 6.79. The Morgan fingerprint density at radius 2 is 1.27 bits per heavy atom. The summed E-state index contributed by atoms with van der Waals surface area (Å²) in [6.45, 7) is 0.244. The van der Waals surface area contributed by atoms with Crippen molar-refractivity contribution in [3.8, 4) is 11.4 Å². The highest BCUT2D eigenvalue weighted by atomic mass is 19.4. The van der Waals surface area contributed by atoms with E-state index in [0.29, 0.717) is 23.2 Å². The van der Waals surface area contributed by atoms with Crippen LogP contribution in [0.1, 0.15) is 16.7 Å². The highest BCUT2D eigenvalue weighted by Crippen LogP contribution is 2.39. The number of imidazole rings is 1. The van der Waals surface area contributed by atoms with Crippen LogP contribution >= 0.6 is 0 Å². The number of halogens is 6. The summed E-state index contributed by atoms with van der Waals surface area (Å²) in [4.78, 5) is 4.35. The molecule has 154 valence electrons. The van der Waals surface area contributed by atoms with E-state index in [4.69, 9.17) is 0 Å². The lowest BCUT2D eigenvalue weighted by Crippen LogP contribution is -2.12. The Morgan fingerprint density at radius 3 is 1.87 bits per heavy atom. The van der Waals surface area contributed by atoms with Crippen molar-refractivity contribution in [3.63, 3.8) is 0 Å². The molecule has 4 aromatic rings. The summed E-state index contributed by atoms with van der Waals surface area (Å²) in [5.74, 6) is 0.0386. The summed E-state index contributed by atoms with van der Waals surface area (Å²) < 4.78 is 81.5. The van der Waals surface area contributed by atoms with Crippen LogP contribution < -0.4 is 0 Å². The van der Waals surface area contributed by atoms with Gasteiger partial charge in [-0.2, -0.15) is 26.3 Å². The molecular formula is C22H14F6N2. The lowest BCUT2D eigenvalue weighted by molar-refractivity contribution is -0.143. The Bertz CT molecular complexity index is 1160. The zero-order valence-corrected chi connectivity index (χ0v) is 15.3. The number of rotatable bonds is 3. The summed E-state index contributed by atoms with van der Waals surface area (Å²) in [5.41, 5.74) is -1.05. The minimum absolute atomic E-state index is 0.0386. The van der Waals surface area contributed by atoms with Crippen molar-refractivity contribution in [1.82, 2.24) is 9.55 Å². The number of hydrogen-bond acceptors (Lipinski definition) is 1. The summed E-state index contributed by atoms with van der Waals surface area (Å²) in [5, 5.41) is 0. The van der Waals surface area contributed by atoms with Crippen LogP contribution in [0.5, 0.6) is 0 Å². The van der Waals surface area contributed by atoms with Gasteiger partial charge >= 0.3 is 12.4 Å². The number of nitrogens with zero attached hydrogens (tertiary/aromatic N) is 2. The molecule has 8 heteroatoms. The van der Waals surface area contributed by atoms with Gasteiger partial charge in [0.1, 0.15) is 5.82 Å². The van der Waals surface area contributed by atoms with Crippen molar-refractivity contribution in [3.05, 3.63) is 89.5 Å². The number of alkyl halides is 6. The normalized spacial score (nSPS) is 12.5. The van der Waals surface area contributed by atoms with E-state index in [1.54, 1.807) is 41.0 Å². The predicted molar refractivity (Wildman–Crippen MR) is 101 cm³/mol. The first-order valence-corrected chi connectivity index (χ1v) is 8.92. The van der Waals surface area contributed by atoms with Crippen LogP contribution in [0.25, 0.3) is 22.4 Å². The number of para-hydroxylation sites is 2. The molecule has 0 unspecified atom stereocenters. The molecule has 0 spiro atoms. The monoisotopic (exact) mass is 420 g/mol. The van der Waals surface area contributed by atoms with E-state index in [0.717, 1.165) is 5.56 Å². The first kappa shape index (κ1) is 20.0. The topological polar surface area (TPSA) is 17.8 Å². The third kappa shape index (κ3) is 3.90. The van der Waals surface area contributed by atoms with Crippen LogP contribution in [0.15, 0.2) is 72.8 Å². The van der Waals surface area contributed by atoms with Crippen LogP contribution in [0.4, 0.5) is 26.3 Å². The molecule has 0 aliphatic rings. The molecule has 0 amide bonds.